The first kappa shape index (κ1) is 16.6. The van der Waals surface area contributed by atoms with Gasteiger partial charge in [0.15, 0.2) is 11.6 Å². The normalized spacial score (nSPS) is 13.4. The molecule has 0 bridgehead atoms. The first-order valence-corrected chi connectivity index (χ1v) is 6.57. The van der Waals surface area contributed by atoms with E-state index in [4.69, 9.17) is 0 Å². The molecule has 0 aromatic heterocycles. The second kappa shape index (κ2) is 6.31. The second-order valence-electron chi connectivity index (χ2n) is 5.96. The molecule has 0 fully saturated rings. The maximum absolute atomic E-state index is 13.5. The van der Waals surface area contributed by atoms with Crippen LogP contribution in [0.4, 0.5) is 8.78 Å². The Kier molecular flexibility index (Phi) is 5.22. The number of halogens is 2. The lowest BCUT2D eigenvalue weighted by atomic mass is 9.80. The average Bonchev–Trinajstić information content (AvgIpc) is 2.38. The minimum atomic E-state index is -1.16. The van der Waals surface area contributed by atoms with E-state index in [9.17, 15) is 18.7 Å². The molecule has 0 saturated heterocycles. The zero-order valence-corrected chi connectivity index (χ0v) is 12.2. The highest BCUT2D eigenvalue weighted by atomic mass is 19.2. The highest BCUT2D eigenvalue weighted by molar-refractivity contribution is 5.94. The third-order valence-corrected chi connectivity index (χ3v) is 3.33. The van der Waals surface area contributed by atoms with Crippen molar-refractivity contribution in [1.29, 1.82) is 0 Å². The molecule has 0 spiro atoms. The molecule has 0 saturated carbocycles. The molecule has 0 heterocycles. The molecule has 1 rings (SSSR count). The van der Waals surface area contributed by atoms with Gasteiger partial charge in [-0.25, -0.2) is 8.78 Å². The van der Waals surface area contributed by atoms with Crippen molar-refractivity contribution in [2.45, 2.75) is 33.8 Å². The van der Waals surface area contributed by atoms with E-state index >= 15 is 0 Å². The molecule has 0 aliphatic rings. The fourth-order valence-corrected chi connectivity index (χ4v) is 2.09. The largest absolute Gasteiger partial charge is 0.392 e. The van der Waals surface area contributed by atoms with Crippen molar-refractivity contribution in [3.8, 4) is 0 Å². The maximum Gasteiger partial charge on any atom is 0.254 e. The van der Waals surface area contributed by atoms with Crippen LogP contribution in [0.2, 0.25) is 0 Å². The van der Waals surface area contributed by atoms with Crippen LogP contribution in [0, 0.1) is 23.0 Å². The number of benzene rings is 1. The number of aliphatic hydroxyl groups is 1. The van der Waals surface area contributed by atoms with Crippen molar-refractivity contribution in [2.24, 2.45) is 11.3 Å². The van der Waals surface area contributed by atoms with E-state index in [0.717, 1.165) is 6.07 Å². The summed E-state index contributed by atoms with van der Waals surface area (Å²) in [5.41, 5.74) is -0.895. The fraction of sp³-hybridized carbons (Fsp3) is 0.533. The van der Waals surface area contributed by atoms with Gasteiger partial charge in [0, 0.05) is 12.0 Å². The Balaban J connectivity index is 2.75. The lowest BCUT2D eigenvalue weighted by Gasteiger charge is -2.33. The van der Waals surface area contributed by atoms with E-state index in [1.54, 1.807) is 13.8 Å². The van der Waals surface area contributed by atoms with Gasteiger partial charge in [0.2, 0.25) is 0 Å². The Hall–Kier alpha value is -1.49. The van der Waals surface area contributed by atoms with E-state index in [1.807, 2.05) is 13.8 Å². The highest BCUT2D eigenvalue weighted by Gasteiger charge is 2.31. The van der Waals surface area contributed by atoms with Crippen molar-refractivity contribution in [2.75, 3.05) is 6.54 Å². The van der Waals surface area contributed by atoms with Crippen LogP contribution in [0.25, 0.3) is 0 Å². The number of aliphatic hydroxyl groups excluding tert-OH is 1. The summed E-state index contributed by atoms with van der Waals surface area (Å²) in [6.07, 6.45) is -0.611. The maximum atomic E-state index is 13.5. The van der Waals surface area contributed by atoms with Gasteiger partial charge in [-0.05, 0) is 18.1 Å². The van der Waals surface area contributed by atoms with E-state index in [-0.39, 0.29) is 18.0 Å². The van der Waals surface area contributed by atoms with Crippen LogP contribution in [-0.2, 0) is 0 Å². The van der Waals surface area contributed by atoms with Crippen LogP contribution in [-0.4, -0.2) is 23.7 Å². The molecule has 112 valence electrons. The van der Waals surface area contributed by atoms with E-state index in [0.29, 0.717) is 0 Å². The van der Waals surface area contributed by atoms with Crippen LogP contribution >= 0.6 is 0 Å². The van der Waals surface area contributed by atoms with Gasteiger partial charge in [-0.1, -0.05) is 33.8 Å². The van der Waals surface area contributed by atoms with Crippen LogP contribution in [0.1, 0.15) is 38.1 Å². The number of hydrogen-bond donors (Lipinski definition) is 2. The summed E-state index contributed by atoms with van der Waals surface area (Å²) in [5.74, 6) is -2.87. The minimum Gasteiger partial charge on any atom is -0.392 e. The Labute approximate surface area is 118 Å². The first-order valence-electron chi connectivity index (χ1n) is 6.57. The molecule has 20 heavy (non-hydrogen) atoms. The number of rotatable bonds is 5. The zero-order valence-electron chi connectivity index (χ0n) is 12.2. The van der Waals surface area contributed by atoms with Crippen LogP contribution in [0.15, 0.2) is 18.2 Å². The lowest BCUT2D eigenvalue weighted by Crippen LogP contribution is -2.43. The topological polar surface area (TPSA) is 49.3 Å². The van der Waals surface area contributed by atoms with Gasteiger partial charge >= 0.3 is 0 Å². The van der Waals surface area contributed by atoms with Crippen molar-refractivity contribution >= 4 is 5.91 Å². The van der Waals surface area contributed by atoms with Crippen LogP contribution in [0.3, 0.4) is 0 Å². The van der Waals surface area contributed by atoms with Crippen molar-refractivity contribution in [3.05, 3.63) is 35.4 Å². The quantitative estimate of drug-likeness (QED) is 0.874. The molecular weight excluding hydrogens is 264 g/mol. The number of hydrogen-bond acceptors (Lipinski definition) is 2. The predicted octanol–water partition coefficient (Wildman–Crippen LogP) is 2.74. The Morgan fingerprint density at radius 3 is 2.50 bits per heavy atom. The Morgan fingerprint density at radius 1 is 1.35 bits per heavy atom. The van der Waals surface area contributed by atoms with Crippen molar-refractivity contribution in [1.82, 2.24) is 5.32 Å². The molecule has 1 unspecified atom stereocenters. The van der Waals surface area contributed by atoms with E-state index in [1.165, 1.54) is 12.1 Å². The molecule has 0 radical (unpaired) electrons. The van der Waals surface area contributed by atoms with Gasteiger partial charge < -0.3 is 10.4 Å². The van der Waals surface area contributed by atoms with Gasteiger partial charge in [-0.2, -0.15) is 0 Å². The molecule has 1 aromatic rings. The minimum absolute atomic E-state index is 0.0350. The molecule has 1 amide bonds. The summed E-state index contributed by atoms with van der Waals surface area (Å²) < 4.78 is 26.5. The smallest absolute Gasteiger partial charge is 0.254 e. The number of nitrogens with one attached hydrogen (secondary N) is 1. The summed E-state index contributed by atoms with van der Waals surface area (Å²) in [5, 5.41) is 12.6. The number of carbonyl (C=O) groups excluding carboxylic acids is 1. The Bertz CT molecular complexity index is 487. The number of amides is 1. The molecular formula is C15H21F2NO2. The molecule has 2 N–H and O–H groups in total. The van der Waals surface area contributed by atoms with Gasteiger partial charge in [-0.3, -0.25) is 4.79 Å². The van der Waals surface area contributed by atoms with Gasteiger partial charge in [0.1, 0.15) is 0 Å². The molecule has 1 atom stereocenters. The standard InChI is InChI=1S/C15H21F2NO2/c1-9(2)13(19)15(3,4)8-18-14(20)10-6-5-7-11(16)12(10)17/h5-7,9,13,19H,8H2,1-4H3,(H,18,20). The van der Waals surface area contributed by atoms with Gasteiger partial charge in [0.05, 0.1) is 11.7 Å². The molecule has 0 aliphatic heterocycles. The van der Waals surface area contributed by atoms with Gasteiger partial charge in [0.25, 0.3) is 5.91 Å². The molecule has 3 nitrogen and oxygen atoms in total. The fourth-order valence-electron chi connectivity index (χ4n) is 2.09. The van der Waals surface area contributed by atoms with Crippen molar-refractivity contribution in [3.63, 3.8) is 0 Å². The summed E-state index contributed by atoms with van der Waals surface area (Å²) in [4.78, 5) is 11.9. The summed E-state index contributed by atoms with van der Waals surface area (Å²) in [6.45, 7) is 7.53. The average molecular weight is 285 g/mol. The molecule has 1 aromatic carbocycles. The van der Waals surface area contributed by atoms with Gasteiger partial charge in [-0.15, -0.1) is 0 Å². The SMILES string of the molecule is CC(C)C(O)C(C)(C)CNC(=O)c1cccc(F)c1F. The lowest BCUT2D eigenvalue weighted by molar-refractivity contribution is 0.0138. The van der Waals surface area contributed by atoms with E-state index in [2.05, 4.69) is 5.32 Å². The van der Waals surface area contributed by atoms with E-state index < -0.39 is 29.1 Å². The molecule has 0 aliphatic carbocycles. The monoisotopic (exact) mass is 285 g/mol. The summed E-state index contributed by atoms with van der Waals surface area (Å²) in [7, 11) is 0. The molecule has 5 heteroatoms. The third-order valence-electron chi connectivity index (χ3n) is 3.33. The zero-order chi connectivity index (χ0) is 15.5. The summed E-state index contributed by atoms with van der Waals surface area (Å²) in [6, 6.07) is 3.46. The van der Waals surface area contributed by atoms with Crippen LogP contribution in [0.5, 0.6) is 0 Å². The predicted molar refractivity (Wildman–Crippen MR) is 73.3 cm³/mol. The Morgan fingerprint density at radius 2 is 1.95 bits per heavy atom. The van der Waals surface area contributed by atoms with Crippen LogP contribution < -0.4 is 5.32 Å². The number of carbonyl (C=O) groups is 1. The first-order chi connectivity index (χ1) is 9.16. The third kappa shape index (κ3) is 3.76. The summed E-state index contributed by atoms with van der Waals surface area (Å²) >= 11 is 0. The second-order valence-corrected chi connectivity index (χ2v) is 5.96. The van der Waals surface area contributed by atoms with Crippen molar-refractivity contribution < 1.29 is 18.7 Å². The highest BCUT2D eigenvalue weighted by Crippen LogP contribution is 2.25.